The summed E-state index contributed by atoms with van der Waals surface area (Å²) in [6, 6.07) is 10.8. The number of carbonyl (C=O) groups is 1. The normalized spacial score (nSPS) is 11.6. The van der Waals surface area contributed by atoms with E-state index in [-0.39, 0.29) is 27.9 Å². The van der Waals surface area contributed by atoms with E-state index >= 15 is 0 Å². The molecule has 31 heavy (non-hydrogen) atoms. The van der Waals surface area contributed by atoms with Gasteiger partial charge in [0.2, 0.25) is 0 Å². The van der Waals surface area contributed by atoms with Crippen molar-refractivity contribution in [2.45, 2.75) is 13.1 Å². The lowest BCUT2D eigenvalue weighted by Gasteiger charge is -2.13. The van der Waals surface area contributed by atoms with Crippen molar-refractivity contribution in [3.05, 3.63) is 75.7 Å². The largest absolute Gasteiger partial charge is 0.416 e. The van der Waals surface area contributed by atoms with Crippen molar-refractivity contribution < 1.29 is 18.0 Å². The van der Waals surface area contributed by atoms with E-state index in [1.54, 1.807) is 19.1 Å². The van der Waals surface area contributed by atoms with Gasteiger partial charge in [0.1, 0.15) is 10.8 Å². The van der Waals surface area contributed by atoms with Crippen LogP contribution in [0.4, 0.5) is 18.2 Å². The van der Waals surface area contributed by atoms with Gasteiger partial charge in [0.15, 0.2) is 0 Å². The lowest BCUT2D eigenvalue weighted by Crippen LogP contribution is -2.22. The van der Waals surface area contributed by atoms with Gasteiger partial charge >= 0.3 is 6.18 Å². The number of para-hydroxylation sites is 1. The van der Waals surface area contributed by atoms with Crippen LogP contribution >= 0.6 is 11.5 Å². The maximum absolute atomic E-state index is 13.1. The second kappa shape index (κ2) is 7.62. The van der Waals surface area contributed by atoms with Crippen LogP contribution in [0.2, 0.25) is 0 Å². The number of aryl methyl sites for hydroxylation is 1. The van der Waals surface area contributed by atoms with Gasteiger partial charge in [-0.2, -0.15) is 17.5 Å². The van der Waals surface area contributed by atoms with Gasteiger partial charge in [-0.05, 0) is 48.8 Å². The maximum atomic E-state index is 13.1. The summed E-state index contributed by atoms with van der Waals surface area (Å²) in [5.41, 5.74) is -0.223. The zero-order valence-corrected chi connectivity index (χ0v) is 17.1. The Kier molecular flexibility index (Phi) is 5.10. The summed E-state index contributed by atoms with van der Waals surface area (Å²) >= 11 is 1.11. The molecule has 0 saturated carbocycles. The summed E-state index contributed by atoms with van der Waals surface area (Å²) in [7, 11) is 1.43. The Labute approximate surface area is 178 Å². The predicted molar refractivity (Wildman–Crippen MR) is 112 cm³/mol. The number of benzene rings is 2. The Morgan fingerprint density at radius 2 is 1.87 bits per heavy atom. The molecule has 2 aromatic carbocycles. The van der Waals surface area contributed by atoms with Crippen LogP contribution in [0.5, 0.6) is 0 Å². The van der Waals surface area contributed by atoms with Gasteiger partial charge < -0.3 is 5.32 Å². The number of amides is 1. The van der Waals surface area contributed by atoms with Crippen LogP contribution in [-0.2, 0) is 13.2 Å². The summed E-state index contributed by atoms with van der Waals surface area (Å²) in [6.45, 7) is 1.79. The number of alkyl halides is 3. The second-order valence-corrected chi connectivity index (χ2v) is 7.67. The van der Waals surface area contributed by atoms with E-state index in [2.05, 4.69) is 14.7 Å². The van der Waals surface area contributed by atoms with Gasteiger partial charge in [0, 0.05) is 12.6 Å². The topological polar surface area (TPSA) is 76.9 Å². The maximum Gasteiger partial charge on any atom is 0.416 e. The fourth-order valence-corrected chi connectivity index (χ4v) is 3.83. The minimum absolute atomic E-state index is 0.0254. The monoisotopic (exact) mass is 444 g/mol. The number of nitrogens with zero attached hydrogens (tertiary/aromatic N) is 3. The zero-order valence-electron chi connectivity index (χ0n) is 16.3. The highest BCUT2D eigenvalue weighted by atomic mass is 32.1. The lowest BCUT2D eigenvalue weighted by atomic mass is 10.1. The highest BCUT2D eigenvalue weighted by molar-refractivity contribution is 7.10. The third kappa shape index (κ3) is 3.93. The van der Waals surface area contributed by atoms with Crippen molar-refractivity contribution in [3.63, 3.8) is 0 Å². The first-order chi connectivity index (χ1) is 14.6. The first kappa shape index (κ1) is 20.7. The molecule has 0 radical (unpaired) electrons. The first-order valence-electron chi connectivity index (χ1n) is 9.07. The molecule has 0 atom stereocenters. The Morgan fingerprint density at radius 1 is 1.13 bits per heavy atom. The van der Waals surface area contributed by atoms with Crippen LogP contribution in [0.15, 0.2) is 53.3 Å². The first-order valence-corrected chi connectivity index (χ1v) is 9.84. The van der Waals surface area contributed by atoms with Gasteiger partial charge in [-0.25, -0.2) is 4.98 Å². The minimum Gasteiger partial charge on any atom is -0.312 e. The fraction of sp³-hybridized carbons (Fsp3) is 0.143. The third-order valence-electron chi connectivity index (χ3n) is 4.66. The van der Waals surface area contributed by atoms with Gasteiger partial charge in [-0.15, -0.1) is 0 Å². The molecule has 0 unspecified atom stereocenters. The summed E-state index contributed by atoms with van der Waals surface area (Å²) in [6.07, 6.45) is -4.54. The smallest absolute Gasteiger partial charge is 0.312 e. The van der Waals surface area contributed by atoms with Crippen molar-refractivity contribution in [2.75, 3.05) is 5.32 Å². The Balaban J connectivity index is 1.87. The van der Waals surface area contributed by atoms with E-state index in [1.165, 1.54) is 35.9 Å². The molecule has 0 spiro atoms. The van der Waals surface area contributed by atoms with E-state index in [1.807, 2.05) is 0 Å². The molecule has 0 fully saturated rings. The predicted octanol–water partition coefficient (Wildman–Crippen LogP) is 4.64. The number of anilines is 1. The molecule has 0 aliphatic carbocycles. The molecule has 1 N–H and O–H groups in total. The van der Waals surface area contributed by atoms with Crippen LogP contribution < -0.4 is 10.9 Å². The number of fused-ring (bicyclic) bond motifs is 1. The van der Waals surface area contributed by atoms with Crippen molar-refractivity contribution in [2.24, 2.45) is 7.05 Å². The molecule has 2 heterocycles. The highest BCUT2D eigenvalue weighted by Gasteiger charge is 2.31. The van der Waals surface area contributed by atoms with Gasteiger partial charge in [-0.3, -0.25) is 14.2 Å². The van der Waals surface area contributed by atoms with Crippen LogP contribution in [0.3, 0.4) is 0 Å². The van der Waals surface area contributed by atoms with Gasteiger partial charge in [-0.1, -0.05) is 18.2 Å². The van der Waals surface area contributed by atoms with Gasteiger partial charge in [0.05, 0.1) is 27.7 Å². The van der Waals surface area contributed by atoms with Crippen molar-refractivity contribution in [1.82, 2.24) is 13.9 Å². The zero-order chi connectivity index (χ0) is 22.3. The molecule has 1 amide bonds. The summed E-state index contributed by atoms with van der Waals surface area (Å²) < 4.78 is 44.7. The standard InChI is InChI=1S/C21H15F3N4O2S/c1-11-9-16(31-27-11)25-19(29)14-7-4-8-15-17(14)26-18(28(2)20(15)30)12-5-3-6-13(10-12)21(22,23)24/h3-10H,1-2H3,(H,25,29). The molecule has 6 nitrogen and oxygen atoms in total. The molecule has 2 aromatic heterocycles. The van der Waals surface area contributed by atoms with E-state index in [0.29, 0.717) is 5.00 Å². The van der Waals surface area contributed by atoms with E-state index in [9.17, 15) is 22.8 Å². The fourth-order valence-electron chi connectivity index (χ4n) is 3.17. The van der Waals surface area contributed by atoms with E-state index < -0.39 is 23.2 Å². The Hall–Kier alpha value is -3.53. The summed E-state index contributed by atoms with van der Waals surface area (Å²) in [4.78, 5) is 30.2. The number of nitrogens with one attached hydrogen (secondary N) is 1. The number of hydrogen-bond donors (Lipinski definition) is 1. The lowest BCUT2D eigenvalue weighted by molar-refractivity contribution is -0.137. The van der Waals surface area contributed by atoms with E-state index in [4.69, 9.17) is 0 Å². The number of rotatable bonds is 3. The molecule has 4 rings (SSSR count). The number of carbonyl (C=O) groups excluding carboxylic acids is 1. The minimum atomic E-state index is -4.54. The molecule has 0 aliphatic heterocycles. The third-order valence-corrected chi connectivity index (χ3v) is 5.46. The number of hydrogen-bond acceptors (Lipinski definition) is 5. The summed E-state index contributed by atoms with van der Waals surface area (Å²) in [5, 5.41) is 3.43. The number of aromatic nitrogens is 3. The molecule has 0 aliphatic rings. The Bertz CT molecular complexity index is 1380. The summed E-state index contributed by atoms with van der Waals surface area (Å²) in [5.74, 6) is -0.470. The molecular weight excluding hydrogens is 429 g/mol. The highest BCUT2D eigenvalue weighted by Crippen LogP contribution is 2.32. The molecular formula is C21H15F3N4O2S. The van der Waals surface area contributed by atoms with Crippen molar-refractivity contribution in [3.8, 4) is 11.4 Å². The second-order valence-electron chi connectivity index (χ2n) is 6.87. The average molecular weight is 444 g/mol. The quantitative estimate of drug-likeness (QED) is 0.500. The Morgan fingerprint density at radius 3 is 2.55 bits per heavy atom. The molecule has 0 bridgehead atoms. The van der Waals surface area contributed by atoms with Crippen LogP contribution in [-0.4, -0.2) is 19.8 Å². The molecule has 158 valence electrons. The molecule has 10 heteroatoms. The van der Waals surface area contributed by atoms with Gasteiger partial charge in [0.25, 0.3) is 11.5 Å². The van der Waals surface area contributed by atoms with Crippen molar-refractivity contribution in [1.29, 1.82) is 0 Å². The molecule has 0 saturated heterocycles. The average Bonchev–Trinajstić information content (AvgIpc) is 3.14. The van der Waals surface area contributed by atoms with Crippen LogP contribution in [0, 0.1) is 6.92 Å². The van der Waals surface area contributed by atoms with Crippen LogP contribution in [0.25, 0.3) is 22.3 Å². The van der Waals surface area contributed by atoms with Crippen LogP contribution in [0.1, 0.15) is 21.6 Å². The number of halogens is 3. The van der Waals surface area contributed by atoms with E-state index in [0.717, 1.165) is 29.4 Å². The van der Waals surface area contributed by atoms with Crippen molar-refractivity contribution >= 4 is 33.3 Å². The SMILES string of the molecule is Cc1cc(NC(=O)c2cccc3c(=O)n(C)c(-c4cccc(C(F)(F)F)c4)nc23)sn1. The molecule has 4 aromatic rings.